The van der Waals surface area contributed by atoms with Gasteiger partial charge in [-0.2, -0.15) is 4.98 Å². The fraction of sp³-hybridized carbons (Fsp3) is 0.417. The lowest BCUT2D eigenvalue weighted by Gasteiger charge is -2.02. The van der Waals surface area contributed by atoms with Crippen LogP contribution in [0.2, 0.25) is 0 Å². The third-order valence-corrected chi connectivity index (χ3v) is 2.48. The number of hydrogen-bond donors (Lipinski definition) is 1. The van der Waals surface area contributed by atoms with Gasteiger partial charge in [0.1, 0.15) is 5.69 Å². The highest BCUT2D eigenvalue weighted by Crippen LogP contribution is 2.18. The van der Waals surface area contributed by atoms with E-state index in [2.05, 4.69) is 22.0 Å². The van der Waals surface area contributed by atoms with E-state index in [1.54, 1.807) is 0 Å². The van der Waals surface area contributed by atoms with Crippen LogP contribution in [0.3, 0.4) is 0 Å². The fourth-order valence-corrected chi connectivity index (χ4v) is 1.59. The van der Waals surface area contributed by atoms with E-state index in [1.165, 1.54) is 0 Å². The van der Waals surface area contributed by atoms with E-state index in [4.69, 9.17) is 10.3 Å². The Labute approximate surface area is 100 Å². The molecule has 2 aromatic heterocycles. The van der Waals surface area contributed by atoms with Crippen LogP contribution in [0.1, 0.15) is 37.4 Å². The van der Waals surface area contributed by atoms with Crippen molar-refractivity contribution in [3.63, 3.8) is 0 Å². The van der Waals surface area contributed by atoms with E-state index in [0.717, 1.165) is 18.5 Å². The van der Waals surface area contributed by atoms with Crippen molar-refractivity contribution in [2.75, 3.05) is 0 Å². The van der Waals surface area contributed by atoms with Crippen LogP contribution >= 0.6 is 0 Å². The molecule has 0 spiro atoms. The lowest BCUT2D eigenvalue weighted by Crippen LogP contribution is -2.09. The Morgan fingerprint density at radius 2 is 2.18 bits per heavy atom. The van der Waals surface area contributed by atoms with Gasteiger partial charge in [0.25, 0.3) is 0 Å². The van der Waals surface area contributed by atoms with E-state index in [1.807, 2.05) is 25.1 Å². The first-order valence-corrected chi connectivity index (χ1v) is 5.74. The second-order valence-corrected chi connectivity index (χ2v) is 4.02. The summed E-state index contributed by atoms with van der Waals surface area (Å²) in [6, 6.07) is 5.51. The van der Waals surface area contributed by atoms with Gasteiger partial charge in [-0.15, -0.1) is 0 Å². The molecule has 0 aliphatic carbocycles. The molecule has 0 aromatic carbocycles. The molecule has 0 bridgehead atoms. The number of nitrogens with zero attached hydrogens (tertiary/aromatic N) is 3. The van der Waals surface area contributed by atoms with Gasteiger partial charge in [-0.3, -0.25) is 0 Å². The first-order valence-electron chi connectivity index (χ1n) is 5.74. The van der Waals surface area contributed by atoms with Crippen LogP contribution in [-0.2, 0) is 0 Å². The Morgan fingerprint density at radius 3 is 2.88 bits per heavy atom. The molecule has 0 amide bonds. The van der Waals surface area contributed by atoms with Crippen molar-refractivity contribution >= 4 is 0 Å². The highest BCUT2D eigenvalue weighted by atomic mass is 16.5. The van der Waals surface area contributed by atoms with Gasteiger partial charge in [-0.05, 0) is 25.5 Å². The summed E-state index contributed by atoms with van der Waals surface area (Å²) in [4.78, 5) is 8.61. The zero-order valence-electron chi connectivity index (χ0n) is 10.1. The number of hydrogen-bond acceptors (Lipinski definition) is 5. The molecule has 2 N–H and O–H groups in total. The standard InChI is InChI=1S/C12H16N4O/c1-3-5-9(13)12-15-11(16-17-12)10-7-4-6-8(2)14-10/h4,6-7,9H,3,5,13H2,1-2H3/t9-/m0/s1. The van der Waals surface area contributed by atoms with E-state index < -0.39 is 0 Å². The molecular weight excluding hydrogens is 216 g/mol. The summed E-state index contributed by atoms with van der Waals surface area (Å²) in [5.41, 5.74) is 7.54. The van der Waals surface area contributed by atoms with Gasteiger partial charge in [-0.1, -0.05) is 24.6 Å². The molecule has 2 rings (SSSR count). The summed E-state index contributed by atoms with van der Waals surface area (Å²) in [5.74, 6) is 0.973. The number of aromatic nitrogens is 3. The van der Waals surface area contributed by atoms with Gasteiger partial charge in [0.2, 0.25) is 11.7 Å². The van der Waals surface area contributed by atoms with Crippen molar-refractivity contribution in [3.8, 4) is 11.5 Å². The van der Waals surface area contributed by atoms with Gasteiger partial charge in [-0.25, -0.2) is 4.98 Å². The zero-order chi connectivity index (χ0) is 12.3. The molecule has 17 heavy (non-hydrogen) atoms. The van der Waals surface area contributed by atoms with Crippen LogP contribution in [0.25, 0.3) is 11.5 Å². The molecule has 2 heterocycles. The Bertz CT molecular complexity index is 495. The minimum absolute atomic E-state index is 0.189. The average molecular weight is 232 g/mol. The molecular formula is C12H16N4O. The average Bonchev–Trinajstić information content (AvgIpc) is 2.78. The Morgan fingerprint density at radius 1 is 1.35 bits per heavy atom. The first kappa shape index (κ1) is 11.7. The second-order valence-electron chi connectivity index (χ2n) is 4.02. The lowest BCUT2D eigenvalue weighted by atomic mass is 10.2. The third kappa shape index (κ3) is 2.68. The Kier molecular flexibility index (Phi) is 3.49. The van der Waals surface area contributed by atoms with Gasteiger partial charge in [0.15, 0.2) is 0 Å². The van der Waals surface area contributed by atoms with Crippen molar-refractivity contribution in [1.29, 1.82) is 0 Å². The number of pyridine rings is 1. The normalized spacial score (nSPS) is 12.6. The summed E-state index contributed by atoms with van der Waals surface area (Å²) >= 11 is 0. The topological polar surface area (TPSA) is 77.8 Å². The van der Waals surface area contributed by atoms with Gasteiger partial charge >= 0.3 is 0 Å². The maximum atomic E-state index is 5.91. The number of nitrogens with two attached hydrogens (primary N) is 1. The SMILES string of the molecule is CCC[C@H](N)c1nc(-c2cccc(C)n2)no1. The molecule has 0 saturated carbocycles. The fourth-order valence-electron chi connectivity index (χ4n) is 1.59. The number of aryl methyl sites for hydroxylation is 1. The second kappa shape index (κ2) is 5.05. The predicted molar refractivity (Wildman–Crippen MR) is 64.1 cm³/mol. The quantitative estimate of drug-likeness (QED) is 0.874. The molecule has 5 heteroatoms. The molecule has 0 fully saturated rings. The highest BCUT2D eigenvalue weighted by molar-refractivity contribution is 5.48. The zero-order valence-corrected chi connectivity index (χ0v) is 10.1. The van der Waals surface area contributed by atoms with Gasteiger partial charge in [0, 0.05) is 5.69 Å². The molecule has 0 radical (unpaired) electrons. The summed E-state index contributed by atoms with van der Waals surface area (Å²) in [5, 5.41) is 3.90. The van der Waals surface area contributed by atoms with E-state index >= 15 is 0 Å². The van der Waals surface area contributed by atoms with Crippen molar-refractivity contribution in [3.05, 3.63) is 29.8 Å². The molecule has 0 aliphatic rings. The molecule has 0 saturated heterocycles. The predicted octanol–water partition coefficient (Wildman–Crippen LogP) is 2.24. The molecule has 90 valence electrons. The lowest BCUT2D eigenvalue weighted by molar-refractivity contribution is 0.348. The van der Waals surface area contributed by atoms with Crippen LogP contribution < -0.4 is 5.73 Å². The van der Waals surface area contributed by atoms with E-state index in [9.17, 15) is 0 Å². The van der Waals surface area contributed by atoms with Crippen LogP contribution in [0.4, 0.5) is 0 Å². The molecule has 5 nitrogen and oxygen atoms in total. The number of rotatable bonds is 4. The summed E-state index contributed by atoms with van der Waals surface area (Å²) in [7, 11) is 0. The molecule has 1 atom stereocenters. The minimum Gasteiger partial charge on any atom is -0.337 e. The van der Waals surface area contributed by atoms with E-state index in [0.29, 0.717) is 17.4 Å². The van der Waals surface area contributed by atoms with Crippen molar-refractivity contribution < 1.29 is 4.52 Å². The summed E-state index contributed by atoms with van der Waals surface area (Å²) in [6.45, 7) is 3.99. The van der Waals surface area contributed by atoms with Crippen LogP contribution in [0, 0.1) is 6.92 Å². The highest BCUT2D eigenvalue weighted by Gasteiger charge is 2.15. The van der Waals surface area contributed by atoms with Gasteiger partial charge < -0.3 is 10.3 Å². The Hall–Kier alpha value is -1.75. The van der Waals surface area contributed by atoms with Crippen LogP contribution in [-0.4, -0.2) is 15.1 Å². The monoisotopic (exact) mass is 232 g/mol. The summed E-state index contributed by atoms with van der Waals surface area (Å²) < 4.78 is 5.15. The van der Waals surface area contributed by atoms with Crippen LogP contribution in [0.15, 0.2) is 22.7 Å². The van der Waals surface area contributed by atoms with Crippen molar-refractivity contribution in [2.24, 2.45) is 5.73 Å². The molecule has 0 aliphatic heterocycles. The maximum Gasteiger partial charge on any atom is 0.243 e. The maximum absolute atomic E-state index is 5.91. The van der Waals surface area contributed by atoms with Crippen molar-refractivity contribution in [2.45, 2.75) is 32.7 Å². The summed E-state index contributed by atoms with van der Waals surface area (Å²) in [6.07, 6.45) is 1.82. The smallest absolute Gasteiger partial charge is 0.243 e. The van der Waals surface area contributed by atoms with Crippen molar-refractivity contribution in [1.82, 2.24) is 15.1 Å². The van der Waals surface area contributed by atoms with Crippen LogP contribution in [0.5, 0.6) is 0 Å². The third-order valence-electron chi connectivity index (χ3n) is 2.48. The first-order chi connectivity index (χ1) is 8.20. The Balaban J connectivity index is 2.23. The minimum atomic E-state index is -0.189. The largest absolute Gasteiger partial charge is 0.337 e. The van der Waals surface area contributed by atoms with E-state index in [-0.39, 0.29) is 6.04 Å². The van der Waals surface area contributed by atoms with Gasteiger partial charge in [0.05, 0.1) is 6.04 Å². The molecule has 2 aromatic rings. The molecule has 0 unspecified atom stereocenters.